The van der Waals surface area contributed by atoms with Gasteiger partial charge in [0.05, 0.1) is 16.7 Å². The Hall–Kier alpha value is -2.82. The van der Waals surface area contributed by atoms with Crippen LogP contribution >= 0.6 is 0 Å². The van der Waals surface area contributed by atoms with E-state index >= 15 is 0 Å². The Morgan fingerprint density at radius 1 is 1.05 bits per heavy atom. The van der Waals surface area contributed by atoms with Crippen molar-refractivity contribution in [3.05, 3.63) is 54.1 Å². The summed E-state index contributed by atoms with van der Waals surface area (Å²) in [7, 11) is -4.24. The molecule has 0 amide bonds. The molecule has 0 bridgehead atoms. The van der Waals surface area contributed by atoms with Gasteiger partial charge in [-0.2, -0.15) is 4.31 Å². The monoisotopic (exact) mass is 583 g/mol. The van der Waals surface area contributed by atoms with Crippen LogP contribution in [0.5, 0.6) is 5.75 Å². The molecule has 2 aromatic carbocycles. The van der Waals surface area contributed by atoms with Crippen LogP contribution in [0.2, 0.25) is 0 Å². The Labute approximate surface area is 232 Å². The summed E-state index contributed by atoms with van der Waals surface area (Å²) >= 11 is 0. The Bertz CT molecular complexity index is 1250. The van der Waals surface area contributed by atoms with E-state index in [1.54, 1.807) is 0 Å². The van der Waals surface area contributed by atoms with Crippen LogP contribution in [0.25, 0.3) is 0 Å². The first kappa shape index (κ1) is 31.7. The molecule has 1 aliphatic rings. The van der Waals surface area contributed by atoms with E-state index in [1.807, 2.05) is 44.2 Å². The van der Waals surface area contributed by atoms with Gasteiger partial charge in [0.1, 0.15) is 24.1 Å². The van der Waals surface area contributed by atoms with Crippen LogP contribution in [-0.4, -0.2) is 100 Å². The van der Waals surface area contributed by atoms with Crippen molar-refractivity contribution in [1.82, 2.24) is 4.31 Å². The maximum absolute atomic E-state index is 13.7. The normalized spacial score (nSPS) is 25.1. The van der Waals surface area contributed by atoms with E-state index in [4.69, 9.17) is 20.9 Å². The van der Waals surface area contributed by atoms with Gasteiger partial charge in [-0.1, -0.05) is 44.2 Å². The van der Waals surface area contributed by atoms with E-state index in [9.17, 15) is 38.7 Å². The van der Waals surface area contributed by atoms with Crippen molar-refractivity contribution < 1.29 is 48.2 Å². The quantitative estimate of drug-likeness (QED) is 0.151. The molecular weight excluding hydrogens is 546 g/mol. The number of carbonyl (C=O) groups is 1. The minimum absolute atomic E-state index is 0.0623. The van der Waals surface area contributed by atoms with Crippen LogP contribution in [0.1, 0.15) is 19.4 Å². The van der Waals surface area contributed by atoms with Gasteiger partial charge < -0.3 is 46.5 Å². The number of sulfonamides is 1. The Balaban J connectivity index is 1.84. The predicted octanol–water partition coefficient (Wildman–Crippen LogP) is -0.883. The number of carboxylic acid groups (broad SMARTS) is 1. The molecule has 0 spiro atoms. The molecule has 0 saturated carbocycles. The van der Waals surface area contributed by atoms with Gasteiger partial charge in [0.25, 0.3) is 0 Å². The number of hydrogen-bond acceptors (Lipinski definition) is 11. The third kappa shape index (κ3) is 7.47. The Morgan fingerprint density at radius 2 is 1.70 bits per heavy atom. The summed E-state index contributed by atoms with van der Waals surface area (Å²) in [6.45, 7) is 3.41. The van der Waals surface area contributed by atoms with Gasteiger partial charge >= 0.3 is 5.97 Å². The number of ether oxygens (including phenoxy) is 2. The summed E-state index contributed by atoms with van der Waals surface area (Å²) in [4.78, 5) is 11.1. The van der Waals surface area contributed by atoms with E-state index in [-0.39, 0.29) is 35.3 Å². The molecule has 1 fully saturated rings. The molecule has 13 nitrogen and oxygen atoms in total. The summed E-state index contributed by atoms with van der Waals surface area (Å²) in [5, 5.41) is 50.3. The zero-order valence-corrected chi connectivity index (χ0v) is 23.0. The molecular formula is C26H37N3O10S. The maximum Gasteiger partial charge on any atom is 0.335 e. The minimum atomic E-state index is -4.24. The fourth-order valence-electron chi connectivity index (χ4n) is 4.25. The number of aliphatic hydroxyl groups excluding tert-OH is 4. The van der Waals surface area contributed by atoms with Gasteiger partial charge in [0.15, 0.2) is 6.10 Å². The zero-order chi connectivity index (χ0) is 29.8. The molecule has 0 radical (unpaired) electrons. The van der Waals surface area contributed by atoms with Crippen LogP contribution in [0, 0.1) is 5.92 Å². The second kappa shape index (κ2) is 13.2. The average Bonchev–Trinajstić information content (AvgIpc) is 2.89. The van der Waals surface area contributed by atoms with Gasteiger partial charge in [0.2, 0.25) is 16.3 Å². The molecule has 7 atom stereocenters. The van der Waals surface area contributed by atoms with Crippen LogP contribution in [0.4, 0.5) is 5.69 Å². The number of hydrogen-bond donors (Lipinski definition) is 7. The van der Waals surface area contributed by atoms with Gasteiger partial charge in [-0.15, -0.1) is 0 Å². The topological polar surface area (TPSA) is 226 Å². The summed E-state index contributed by atoms with van der Waals surface area (Å²) in [6, 6.07) is 12.0. The average molecular weight is 584 g/mol. The number of carboxylic acids is 1. The molecule has 0 aliphatic carbocycles. The first-order valence-electron chi connectivity index (χ1n) is 12.7. The lowest BCUT2D eigenvalue weighted by atomic mass is 9.99. The number of aliphatic hydroxyl groups is 4. The first-order valence-corrected chi connectivity index (χ1v) is 14.1. The standard InChI is InChI=1S/C26H37N3O10S/c1-14(2)12-29(13-19(30)18(28)10-15-6-4-3-5-7-15)40(36,37)16-8-9-17(27)20(11-16)38-26-23(33)21(31)22(32)24(39-26)25(34)35/h3-9,11,14,18-19,21-24,26,30-33H,10,12-13,27-28H2,1-2H3,(H,34,35)/t18-,19+,21?,22?,23?,24?,26?/m0/s1. The van der Waals surface area contributed by atoms with Gasteiger partial charge in [0, 0.05) is 25.2 Å². The van der Waals surface area contributed by atoms with E-state index in [1.165, 1.54) is 12.1 Å². The summed E-state index contributed by atoms with van der Waals surface area (Å²) < 4.78 is 39.1. The highest BCUT2D eigenvalue weighted by molar-refractivity contribution is 7.89. The van der Waals surface area contributed by atoms with E-state index in [0.717, 1.165) is 15.9 Å². The molecule has 40 heavy (non-hydrogen) atoms. The van der Waals surface area contributed by atoms with Crippen LogP contribution in [0.3, 0.4) is 0 Å². The second-order valence-corrected chi connectivity index (χ2v) is 12.1. The lowest BCUT2D eigenvalue weighted by Crippen LogP contribution is -2.61. The van der Waals surface area contributed by atoms with Crippen LogP contribution in [0.15, 0.2) is 53.4 Å². The third-order valence-corrected chi connectivity index (χ3v) is 8.27. The molecule has 3 rings (SSSR count). The number of nitrogens with two attached hydrogens (primary N) is 2. The second-order valence-electron chi connectivity index (χ2n) is 10.2. The maximum atomic E-state index is 13.7. The minimum Gasteiger partial charge on any atom is -0.479 e. The van der Waals surface area contributed by atoms with E-state index in [2.05, 4.69) is 0 Å². The number of nitrogens with zero attached hydrogens (tertiary/aromatic N) is 1. The third-order valence-electron chi connectivity index (χ3n) is 6.45. The van der Waals surface area contributed by atoms with Crippen LogP contribution in [-0.2, 0) is 26.0 Å². The van der Waals surface area contributed by atoms with Gasteiger partial charge in [-0.3, -0.25) is 0 Å². The first-order chi connectivity index (χ1) is 18.7. The predicted molar refractivity (Wildman–Crippen MR) is 144 cm³/mol. The van der Waals surface area contributed by atoms with Crippen molar-refractivity contribution in [3.63, 3.8) is 0 Å². The van der Waals surface area contributed by atoms with E-state index < -0.39 is 58.8 Å². The number of benzene rings is 2. The van der Waals surface area contributed by atoms with Crippen molar-refractivity contribution in [3.8, 4) is 5.75 Å². The molecule has 1 aliphatic heterocycles. The summed E-state index contributed by atoms with van der Waals surface area (Å²) in [5.74, 6) is -1.99. The largest absolute Gasteiger partial charge is 0.479 e. The van der Waals surface area contributed by atoms with Crippen molar-refractivity contribution >= 4 is 21.7 Å². The number of anilines is 1. The molecule has 5 unspecified atom stereocenters. The fourth-order valence-corrected chi connectivity index (χ4v) is 5.88. The Kier molecular flexibility index (Phi) is 10.5. The molecule has 222 valence electrons. The SMILES string of the molecule is CC(C)CN(C[C@@H](O)[C@@H](N)Cc1ccccc1)S(=O)(=O)c1ccc(N)c(OC2OC(C(=O)O)C(O)C(O)C2O)c1. The van der Waals surface area contributed by atoms with Crippen molar-refractivity contribution in [2.75, 3.05) is 18.8 Å². The van der Waals surface area contributed by atoms with Gasteiger partial charge in [-0.05, 0) is 30.0 Å². The van der Waals surface area contributed by atoms with Crippen molar-refractivity contribution in [1.29, 1.82) is 0 Å². The molecule has 14 heteroatoms. The number of aliphatic carboxylic acids is 1. The molecule has 1 heterocycles. The molecule has 1 saturated heterocycles. The summed E-state index contributed by atoms with van der Waals surface area (Å²) in [6.07, 6.45) is -10.3. The highest BCUT2D eigenvalue weighted by Crippen LogP contribution is 2.31. The summed E-state index contributed by atoms with van der Waals surface area (Å²) in [5.41, 5.74) is 13.0. The smallest absolute Gasteiger partial charge is 0.335 e. The lowest BCUT2D eigenvalue weighted by Gasteiger charge is -2.38. The molecule has 2 aromatic rings. The highest BCUT2D eigenvalue weighted by Gasteiger charge is 2.48. The van der Waals surface area contributed by atoms with E-state index in [0.29, 0.717) is 6.42 Å². The lowest BCUT2D eigenvalue weighted by molar-refractivity contribution is -0.271. The number of nitrogen functional groups attached to an aromatic ring is 1. The van der Waals surface area contributed by atoms with Crippen LogP contribution < -0.4 is 16.2 Å². The molecule has 0 aromatic heterocycles. The molecule has 9 N–H and O–H groups in total. The fraction of sp³-hybridized carbons (Fsp3) is 0.500. The zero-order valence-electron chi connectivity index (χ0n) is 22.1. The van der Waals surface area contributed by atoms with Crippen molar-refractivity contribution in [2.24, 2.45) is 11.7 Å². The highest BCUT2D eigenvalue weighted by atomic mass is 32.2. The van der Waals surface area contributed by atoms with Crippen molar-refractivity contribution in [2.45, 2.75) is 68.0 Å². The Morgan fingerprint density at radius 3 is 2.30 bits per heavy atom. The van der Waals surface area contributed by atoms with Gasteiger partial charge in [-0.25, -0.2) is 13.2 Å². The number of rotatable bonds is 12.